The van der Waals surface area contributed by atoms with Gasteiger partial charge in [0.2, 0.25) is 5.78 Å². The van der Waals surface area contributed by atoms with Crippen LogP contribution in [-0.4, -0.2) is 49.1 Å². The van der Waals surface area contributed by atoms with Gasteiger partial charge in [0.15, 0.2) is 34.4 Å². The van der Waals surface area contributed by atoms with Crippen LogP contribution in [0.5, 0.6) is 17.2 Å². The molecule has 2 aromatic carbocycles. The first-order chi connectivity index (χ1) is 17.4. The van der Waals surface area contributed by atoms with Crippen molar-refractivity contribution in [1.82, 2.24) is 4.90 Å². The van der Waals surface area contributed by atoms with Crippen molar-refractivity contribution in [3.05, 3.63) is 64.1 Å². The summed E-state index contributed by atoms with van der Waals surface area (Å²) in [6.45, 7) is 0. The number of nitrogens with zero attached hydrogens (tertiary/aromatic N) is 1. The van der Waals surface area contributed by atoms with E-state index in [1.165, 1.54) is 27.4 Å². The lowest BCUT2D eigenvalue weighted by atomic mass is 9.93. The number of carbonyl (C=O) groups is 2. The lowest BCUT2D eigenvalue weighted by Gasteiger charge is -2.33. The highest BCUT2D eigenvalue weighted by Crippen LogP contribution is 2.48. The molecule has 1 aromatic heterocycles. The monoisotopic (exact) mass is 511 g/mol. The van der Waals surface area contributed by atoms with Crippen molar-refractivity contribution in [3.8, 4) is 17.2 Å². The fourth-order valence-electron chi connectivity index (χ4n) is 5.33. The Labute approximate surface area is 213 Å². The number of furan rings is 1. The van der Waals surface area contributed by atoms with Crippen molar-refractivity contribution < 1.29 is 33.3 Å². The zero-order valence-electron chi connectivity index (χ0n) is 20.2. The lowest BCUT2D eigenvalue weighted by Crippen LogP contribution is -2.38. The van der Waals surface area contributed by atoms with Gasteiger partial charge in [0.25, 0.3) is 5.91 Å². The van der Waals surface area contributed by atoms with Gasteiger partial charge in [-0.1, -0.05) is 36.6 Å². The molecule has 0 spiro atoms. The number of hydrogen-bond donors (Lipinski definition) is 1. The van der Waals surface area contributed by atoms with Gasteiger partial charge in [0.1, 0.15) is 0 Å². The minimum absolute atomic E-state index is 0.0416. The first kappa shape index (κ1) is 24.1. The van der Waals surface area contributed by atoms with Crippen LogP contribution in [0.3, 0.4) is 0 Å². The number of hydrogen-bond acceptors (Lipinski definition) is 7. The molecule has 9 heteroatoms. The standard InChI is InChI=1S/C27H26ClNO7/c1-33-18-10-6-9-17(26(18)35-3)22-21(24(31)27(32)29(22)16-7-4-5-8-16)23(30)19-12-14-11-15(28)13-20(34-2)25(14)36-19/h6,9-13,16,22,31H,4-5,7-8H2,1-3H3. The Morgan fingerprint density at radius 3 is 2.44 bits per heavy atom. The Morgan fingerprint density at radius 2 is 1.78 bits per heavy atom. The summed E-state index contributed by atoms with van der Waals surface area (Å²) in [6.07, 6.45) is 3.49. The van der Waals surface area contributed by atoms with Gasteiger partial charge in [-0.3, -0.25) is 9.59 Å². The van der Waals surface area contributed by atoms with Gasteiger partial charge in [-0.15, -0.1) is 0 Å². The van der Waals surface area contributed by atoms with E-state index < -0.39 is 23.5 Å². The van der Waals surface area contributed by atoms with Crippen LogP contribution in [0.15, 0.2) is 52.1 Å². The number of methoxy groups -OCH3 is 3. The van der Waals surface area contributed by atoms with Crippen LogP contribution in [-0.2, 0) is 4.79 Å². The van der Waals surface area contributed by atoms with Crippen molar-refractivity contribution in [3.63, 3.8) is 0 Å². The molecule has 1 N–H and O–H groups in total. The molecule has 1 fully saturated rings. The molecule has 2 heterocycles. The fraction of sp³-hybridized carbons (Fsp3) is 0.333. The first-order valence-electron chi connectivity index (χ1n) is 11.7. The Balaban J connectivity index is 1.68. The van der Waals surface area contributed by atoms with E-state index in [1.807, 2.05) is 0 Å². The second-order valence-corrected chi connectivity index (χ2v) is 9.30. The summed E-state index contributed by atoms with van der Waals surface area (Å²) in [5.74, 6) is -0.612. The van der Waals surface area contributed by atoms with Crippen LogP contribution in [0.4, 0.5) is 0 Å². The summed E-state index contributed by atoms with van der Waals surface area (Å²) in [5.41, 5.74) is 0.821. The number of para-hydroxylation sites is 1. The number of fused-ring (bicyclic) bond motifs is 1. The first-order valence-corrected chi connectivity index (χ1v) is 12.1. The van der Waals surface area contributed by atoms with E-state index in [2.05, 4.69) is 0 Å². The summed E-state index contributed by atoms with van der Waals surface area (Å²) in [7, 11) is 4.49. The summed E-state index contributed by atoms with van der Waals surface area (Å²) >= 11 is 6.18. The predicted octanol–water partition coefficient (Wildman–Crippen LogP) is 5.63. The largest absolute Gasteiger partial charge is 0.503 e. The van der Waals surface area contributed by atoms with E-state index in [4.69, 9.17) is 30.2 Å². The van der Waals surface area contributed by atoms with Crippen LogP contribution >= 0.6 is 11.6 Å². The second-order valence-electron chi connectivity index (χ2n) is 8.86. The summed E-state index contributed by atoms with van der Waals surface area (Å²) in [4.78, 5) is 28.9. The van der Waals surface area contributed by atoms with Gasteiger partial charge >= 0.3 is 0 Å². The summed E-state index contributed by atoms with van der Waals surface area (Å²) < 4.78 is 22.4. The number of Topliss-reactive ketones (excluding diaryl/α,β-unsaturated/α-hetero) is 1. The zero-order chi connectivity index (χ0) is 25.6. The van der Waals surface area contributed by atoms with Crippen LogP contribution in [0.2, 0.25) is 5.02 Å². The molecule has 2 aliphatic rings. The van der Waals surface area contributed by atoms with Crippen molar-refractivity contribution in [2.45, 2.75) is 37.8 Å². The molecule has 1 aliphatic heterocycles. The van der Waals surface area contributed by atoms with E-state index >= 15 is 0 Å². The Morgan fingerprint density at radius 1 is 1.06 bits per heavy atom. The predicted molar refractivity (Wildman–Crippen MR) is 133 cm³/mol. The van der Waals surface area contributed by atoms with Crippen molar-refractivity contribution in [1.29, 1.82) is 0 Å². The molecule has 188 valence electrons. The normalized spacial score (nSPS) is 18.4. The smallest absolute Gasteiger partial charge is 0.290 e. The molecular weight excluding hydrogens is 486 g/mol. The Bertz CT molecular complexity index is 1390. The molecule has 1 saturated carbocycles. The number of aliphatic hydroxyl groups excluding tert-OH is 1. The number of amides is 1. The van der Waals surface area contributed by atoms with Gasteiger partial charge in [-0.05, 0) is 31.0 Å². The van der Waals surface area contributed by atoms with Crippen LogP contribution in [0.25, 0.3) is 11.0 Å². The third kappa shape index (κ3) is 3.76. The third-order valence-corrected chi connectivity index (χ3v) is 7.14. The number of ketones is 1. The molecule has 3 aromatic rings. The average molecular weight is 512 g/mol. The maximum atomic E-state index is 13.9. The Kier molecular flexibility index (Phi) is 6.30. The molecule has 36 heavy (non-hydrogen) atoms. The van der Waals surface area contributed by atoms with E-state index in [0.717, 1.165) is 25.7 Å². The van der Waals surface area contributed by atoms with Crippen LogP contribution in [0.1, 0.15) is 47.8 Å². The van der Waals surface area contributed by atoms with Gasteiger partial charge in [-0.25, -0.2) is 0 Å². The molecule has 5 rings (SSSR count). The van der Waals surface area contributed by atoms with Crippen LogP contribution < -0.4 is 14.2 Å². The topological polar surface area (TPSA) is 98.4 Å². The average Bonchev–Trinajstić information content (AvgIpc) is 3.61. The van der Waals surface area contributed by atoms with Gasteiger partial charge < -0.3 is 28.6 Å². The molecule has 1 amide bonds. The number of rotatable bonds is 7. The summed E-state index contributed by atoms with van der Waals surface area (Å²) in [5, 5.41) is 12.1. The fourth-order valence-corrected chi connectivity index (χ4v) is 5.55. The van der Waals surface area contributed by atoms with E-state index in [1.54, 1.807) is 35.2 Å². The van der Waals surface area contributed by atoms with E-state index in [-0.39, 0.29) is 17.4 Å². The number of benzene rings is 2. The van der Waals surface area contributed by atoms with E-state index in [0.29, 0.717) is 38.8 Å². The van der Waals surface area contributed by atoms with E-state index in [9.17, 15) is 14.7 Å². The minimum atomic E-state index is -0.878. The van der Waals surface area contributed by atoms with Crippen molar-refractivity contribution in [2.75, 3.05) is 21.3 Å². The highest BCUT2D eigenvalue weighted by molar-refractivity contribution is 6.31. The SMILES string of the molecule is COc1cccc(C2C(C(=O)c3cc4cc(Cl)cc(OC)c4o3)=C(O)C(=O)N2C2CCCC2)c1OC. The highest BCUT2D eigenvalue weighted by Gasteiger charge is 2.49. The van der Waals surface area contributed by atoms with Gasteiger partial charge in [-0.2, -0.15) is 0 Å². The molecular formula is C27H26ClNO7. The van der Waals surface area contributed by atoms with Gasteiger partial charge in [0.05, 0.1) is 32.9 Å². The molecule has 8 nitrogen and oxygen atoms in total. The Hall–Kier alpha value is -3.65. The quantitative estimate of drug-likeness (QED) is 0.410. The number of halogens is 1. The van der Waals surface area contributed by atoms with Crippen molar-refractivity contribution in [2.24, 2.45) is 0 Å². The molecule has 0 bridgehead atoms. The summed E-state index contributed by atoms with van der Waals surface area (Å²) in [6, 6.07) is 9.05. The molecule has 0 saturated heterocycles. The zero-order valence-corrected chi connectivity index (χ0v) is 20.9. The maximum absolute atomic E-state index is 13.9. The third-order valence-electron chi connectivity index (χ3n) is 6.93. The number of ether oxygens (including phenoxy) is 3. The molecule has 1 aliphatic carbocycles. The van der Waals surface area contributed by atoms with Gasteiger partial charge in [0, 0.05) is 28.1 Å². The molecule has 1 atom stereocenters. The maximum Gasteiger partial charge on any atom is 0.290 e. The highest BCUT2D eigenvalue weighted by atomic mass is 35.5. The minimum Gasteiger partial charge on any atom is -0.503 e. The van der Waals surface area contributed by atoms with Crippen molar-refractivity contribution >= 4 is 34.3 Å². The second kappa shape index (κ2) is 9.43. The van der Waals surface area contributed by atoms with Crippen LogP contribution in [0, 0.1) is 0 Å². The molecule has 0 radical (unpaired) electrons. The molecule has 1 unspecified atom stereocenters. The number of carbonyl (C=O) groups excluding carboxylic acids is 2. The lowest BCUT2D eigenvalue weighted by molar-refractivity contribution is -0.131. The number of aliphatic hydroxyl groups is 1.